The van der Waals surface area contributed by atoms with Crippen molar-refractivity contribution in [3.63, 3.8) is 0 Å². The topological polar surface area (TPSA) is 43.9 Å². The Balaban J connectivity index is 0.000000258. The molecule has 64 heavy (non-hydrogen) atoms. The zero-order valence-electron chi connectivity index (χ0n) is 36.2. The third-order valence-corrected chi connectivity index (χ3v) is 16.1. The molecule has 8 aromatic carbocycles. The van der Waals surface area contributed by atoms with Gasteiger partial charge in [0.25, 0.3) is 0 Å². The van der Waals surface area contributed by atoms with Crippen LogP contribution in [0.3, 0.4) is 0 Å². The van der Waals surface area contributed by atoms with Crippen LogP contribution in [0.25, 0.3) is 94.3 Å². The van der Waals surface area contributed by atoms with Crippen LogP contribution in [0.15, 0.2) is 180 Å². The van der Waals surface area contributed by atoms with Gasteiger partial charge in [-0.05, 0) is 95.1 Å². The Hall–Kier alpha value is -6.44. The van der Waals surface area contributed by atoms with Crippen molar-refractivity contribution in [3.8, 4) is 50.6 Å². The van der Waals surface area contributed by atoms with Gasteiger partial charge in [0.05, 0.1) is 22.4 Å². The maximum absolute atomic E-state index is 13.6. The summed E-state index contributed by atoms with van der Waals surface area (Å²) < 4.78 is 24.1. The smallest absolute Gasteiger partial charge is 0 e. The van der Waals surface area contributed by atoms with Crippen LogP contribution in [0.1, 0.15) is 11.1 Å². The predicted molar refractivity (Wildman–Crippen MR) is 262 cm³/mol. The molecule has 315 valence electrons. The van der Waals surface area contributed by atoms with Crippen LogP contribution in [0.5, 0.6) is 0 Å². The van der Waals surface area contributed by atoms with Gasteiger partial charge in [-0.1, -0.05) is 89.8 Å². The second-order valence-electron chi connectivity index (χ2n) is 17.1. The van der Waals surface area contributed by atoms with E-state index in [4.69, 9.17) is 9.40 Å². The van der Waals surface area contributed by atoms with Gasteiger partial charge in [-0.3, -0.25) is 4.98 Å². The Bertz CT molecular complexity index is 3420. The number of hydrogen-bond acceptors (Lipinski definition) is 3. The third-order valence-electron chi connectivity index (χ3n) is 11.8. The van der Waals surface area contributed by atoms with Gasteiger partial charge in [0.2, 0.25) is 0 Å². The van der Waals surface area contributed by atoms with E-state index in [-0.39, 0.29) is 25.9 Å². The van der Waals surface area contributed by atoms with Crippen molar-refractivity contribution in [2.45, 2.75) is 31.1 Å². The molecule has 0 aliphatic rings. The molecule has 0 saturated heterocycles. The van der Waals surface area contributed by atoms with Crippen LogP contribution >= 0.6 is 0 Å². The minimum Gasteiger partial charge on any atom is 0 e. The number of imidazole rings is 1. The molecule has 11 rings (SSSR count). The van der Waals surface area contributed by atoms with E-state index in [0.29, 0.717) is 0 Å². The second kappa shape index (κ2) is 17.6. The fourth-order valence-electron chi connectivity index (χ4n) is 8.59. The second-order valence-corrected chi connectivity index (χ2v) is 27.8. The average Bonchev–Trinajstić information content (AvgIpc) is 3.89. The van der Waals surface area contributed by atoms with Crippen molar-refractivity contribution < 1.29 is 28.9 Å². The molecule has 0 aliphatic carbocycles. The molecule has 0 aliphatic heterocycles. The minimum absolute atomic E-state index is 0. The molecule has 0 saturated carbocycles. The molecular weight excluding hydrogens is 1030 g/mol. The normalized spacial score (nSPS) is 11.5. The van der Waals surface area contributed by atoms with E-state index < -0.39 is 13.3 Å². The van der Waals surface area contributed by atoms with Gasteiger partial charge >= 0.3 is 99.8 Å². The Morgan fingerprint density at radius 3 is 2.00 bits per heavy atom. The first-order valence-corrected chi connectivity index (χ1v) is 28.6. The minimum atomic E-state index is -1.72. The van der Waals surface area contributed by atoms with Crippen LogP contribution in [-0.2, 0) is 20.1 Å². The van der Waals surface area contributed by atoms with E-state index in [1.807, 2.05) is 60.8 Å². The molecule has 1 radical (unpaired) electrons. The van der Waals surface area contributed by atoms with E-state index in [9.17, 15) is 4.39 Å². The van der Waals surface area contributed by atoms with Crippen LogP contribution in [0.2, 0.25) is 17.3 Å². The molecule has 0 spiro atoms. The number of pyridine rings is 1. The van der Waals surface area contributed by atoms with Crippen molar-refractivity contribution >= 4 is 61.4 Å². The van der Waals surface area contributed by atoms with Crippen molar-refractivity contribution in [1.29, 1.82) is 0 Å². The number of fused-ring (bicyclic) bond motifs is 6. The third kappa shape index (κ3) is 8.14. The summed E-state index contributed by atoms with van der Waals surface area (Å²) in [5, 5.41) is 4.14. The summed E-state index contributed by atoms with van der Waals surface area (Å²) in [6.07, 6.45) is 2.04. The maximum Gasteiger partial charge on any atom is 0 e. The van der Waals surface area contributed by atoms with Gasteiger partial charge in [-0.15, -0.1) is 18.2 Å². The summed E-state index contributed by atoms with van der Waals surface area (Å²) in [4.78, 5) is 9.73. The fourth-order valence-corrected chi connectivity index (χ4v) is 10.8. The summed E-state index contributed by atoms with van der Waals surface area (Å²) >= 11 is -1.72. The first-order chi connectivity index (χ1) is 30.6. The number of benzene rings is 8. The van der Waals surface area contributed by atoms with E-state index in [2.05, 4.69) is 156 Å². The molecule has 0 unspecified atom stereocenters. The summed E-state index contributed by atoms with van der Waals surface area (Å²) in [6.45, 7) is 4.34. The van der Waals surface area contributed by atoms with Crippen molar-refractivity contribution in [3.05, 3.63) is 205 Å². The number of halogens is 1. The van der Waals surface area contributed by atoms with Crippen molar-refractivity contribution in [1.82, 2.24) is 14.5 Å². The number of rotatable bonds is 6. The number of aryl methyl sites for hydroxylation is 2. The summed E-state index contributed by atoms with van der Waals surface area (Å²) in [6, 6.07) is 63.5. The summed E-state index contributed by atoms with van der Waals surface area (Å²) in [5.74, 6) is 7.69. The molecule has 0 atom stereocenters. The number of para-hydroxylation sites is 2. The number of aromatic nitrogens is 3. The molecule has 4 nitrogen and oxygen atoms in total. The predicted octanol–water partition coefficient (Wildman–Crippen LogP) is 14.7. The van der Waals surface area contributed by atoms with Gasteiger partial charge in [-0.2, -0.15) is 0 Å². The molecule has 0 bridgehead atoms. The van der Waals surface area contributed by atoms with Crippen molar-refractivity contribution in [2.75, 3.05) is 0 Å². The average molecular weight is 1070 g/mol. The largest absolute Gasteiger partial charge is 0 e. The Kier molecular flexibility index (Phi) is 11.8. The van der Waals surface area contributed by atoms with E-state index in [1.54, 1.807) is 0 Å². The number of furan rings is 1. The van der Waals surface area contributed by atoms with Gasteiger partial charge < -0.3 is 8.98 Å². The molecule has 3 aromatic heterocycles. The first kappa shape index (κ1) is 42.8. The van der Waals surface area contributed by atoms with Gasteiger partial charge in [0, 0.05) is 36.6 Å². The molecule has 11 aromatic rings. The zero-order valence-corrected chi connectivity index (χ0v) is 40.7. The van der Waals surface area contributed by atoms with Crippen LogP contribution < -0.4 is 4.40 Å². The first-order valence-electron chi connectivity index (χ1n) is 21.2. The molecule has 7 heteroatoms. The monoisotopic (exact) mass is 1070 g/mol. The Morgan fingerprint density at radius 2 is 1.28 bits per heavy atom. The van der Waals surface area contributed by atoms with Crippen LogP contribution in [0, 0.1) is 31.8 Å². The number of nitrogens with zero attached hydrogens (tertiary/aromatic N) is 3. The Morgan fingerprint density at radius 1 is 0.594 bits per heavy atom. The van der Waals surface area contributed by atoms with Gasteiger partial charge in [0.1, 0.15) is 11.4 Å². The molecule has 0 N–H and O–H groups in total. The van der Waals surface area contributed by atoms with Crippen LogP contribution in [-0.4, -0.2) is 27.8 Å². The molecule has 0 amide bonds. The SMILES string of the molecule is Cc1cc(-c2ccccc2)cc(C)c1-n1c(-c2[c-]ccc3c2oc2c4ccc(-c5ccc(F)cc5)cc4ccc32)nc2ccccc21.[CH3][Ge]([CH3])([CH3])[c]1ccc(-c2[c-]cccc2)nc1.[Ir]. The molecular formula is C57H44FGeIrN3O-2. The summed E-state index contributed by atoms with van der Waals surface area (Å²) in [7, 11) is 0. The zero-order chi connectivity index (χ0) is 43.2. The fraction of sp³-hybridized carbons (Fsp3) is 0.0877. The number of hydrogen-bond donors (Lipinski definition) is 0. The Labute approximate surface area is 389 Å². The standard InChI is InChI=1S/C43H28FN2O.C14H16GeN.Ir/c1-26-23-32(28-9-4-3-5-10-28)24-27(2)40(26)46-39-14-7-6-13-38(39)45-43(46)37-12-8-11-35-36-22-18-31-25-30(29-15-19-33(44)20-16-29)17-21-34(31)41(36)47-42(35)37;1-15(2,3)13-9-10-14(16-11-13)12-7-5-4-6-8-12;/h3-11,13-25H,1-2H3;4-7,9-11H,1-3H3;/q2*-1;. The quantitative estimate of drug-likeness (QED) is 0.123. The van der Waals surface area contributed by atoms with E-state index >= 15 is 0 Å². The summed E-state index contributed by atoms with van der Waals surface area (Å²) in [5.41, 5.74) is 14.2. The molecule has 0 fully saturated rings. The van der Waals surface area contributed by atoms with Crippen molar-refractivity contribution in [2.24, 2.45) is 0 Å². The maximum atomic E-state index is 13.6. The van der Waals surface area contributed by atoms with E-state index in [1.165, 1.54) is 27.7 Å². The molecule has 3 heterocycles. The van der Waals surface area contributed by atoms with Gasteiger partial charge in [-0.25, -0.2) is 4.39 Å². The van der Waals surface area contributed by atoms with Gasteiger partial charge in [0.15, 0.2) is 0 Å². The van der Waals surface area contributed by atoms with E-state index in [0.717, 1.165) is 94.3 Å². The van der Waals surface area contributed by atoms with Crippen LogP contribution in [0.4, 0.5) is 4.39 Å².